The van der Waals surface area contributed by atoms with Gasteiger partial charge in [0.1, 0.15) is 11.6 Å². The average Bonchev–Trinajstić information content (AvgIpc) is 3.15. The maximum absolute atomic E-state index is 13.2. The number of rotatable bonds is 5. The Morgan fingerprint density at radius 2 is 1.86 bits per heavy atom. The van der Waals surface area contributed by atoms with Crippen LogP contribution in [0.2, 0.25) is 0 Å². The van der Waals surface area contributed by atoms with E-state index in [0.717, 1.165) is 5.56 Å². The second-order valence-corrected chi connectivity index (χ2v) is 10.3. The van der Waals surface area contributed by atoms with E-state index in [4.69, 9.17) is 4.74 Å². The second kappa shape index (κ2) is 8.16. The molecule has 29 heavy (non-hydrogen) atoms. The third-order valence-corrected chi connectivity index (χ3v) is 8.01. The van der Waals surface area contributed by atoms with Gasteiger partial charge in [0.25, 0.3) is 5.91 Å². The number of ether oxygens (including phenoxy) is 1. The van der Waals surface area contributed by atoms with E-state index >= 15 is 0 Å². The lowest BCUT2D eigenvalue weighted by Gasteiger charge is -2.24. The molecule has 2 fully saturated rings. The largest absolute Gasteiger partial charge is 0.484 e. The maximum Gasteiger partial charge on any atom is 0.285 e. The van der Waals surface area contributed by atoms with Gasteiger partial charge in [-0.15, -0.1) is 0 Å². The van der Waals surface area contributed by atoms with Gasteiger partial charge in [-0.25, -0.2) is 12.8 Å². The molecule has 2 aliphatic rings. The first-order valence-corrected chi connectivity index (χ1v) is 11.8. The minimum Gasteiger partial charge on any atom is -0.484 e. The number of carbonyl (C=O) groups excluding carboxylic acids is 1. The highest BCUT2D eigenvalue weighted by Gasteiger charge is 2.48. The highest BCUT2D eigenvalue weighted by molar-refractivity contribution is 8.15. The number of hydrogen-bond donors (Lipinski definition) is 0. The van der Waals surface area contributed by atoms with Gasteiger partial charge in [0.05, 0.1) is 17.5 Å². The summed E-state index contributed by atoms with van der Waals surface area (Å²) in [6.45, 7) is 0.154. The number of hydrogen-bond acceptors (Lipinski definition) is 5. The van der Waals surface area contributed by atoms with E-state index in [1.165, 1.54) is 23.9 Å². The number of aliphatic imine (C=N–C) groups is 1. The van der Waals surface area contributed by atoms with E-state index in [9.17, 15) is 17.6 Å². The fourth-order valence-electron chi connectivity index (χ4n) is 3.41. The number of halogens is 1. The summed E-state index contributed by atoms with van der Waals surface area (Å²) in [6.07, 6.45) is 0. The third-order valence-electron chi connectivity index (χ3n) is 4.77. The van der Waals surface area contributed by atoms with E-state index < -0.39 is 15.7 Å². The van der Waals surface area contributed by atoms with Crippen molar-refractivity contribution < 1.29 is 22.3 Å². The fourth-order valence-corrected chi connectivity index (χ4v) is 7.38. The SMILES string of the molecule is O=C(COc1ccccc1)N=C1SC2CS(=O)(=O)CC2N1Cc1ccc(F)cc1. The fraction of sp³-hybridized carbons (Fsp3) is 0.300. The standard InChI is InChI=1S/C20H19FN2O4S2/c21-15-8-6-14(7-9-15)10-23-17-12-29(25,26)13-18(17)28-20(23)22-19(24)11-27-16-4-2-1-3-5-16/h1-9,17-18H,10-13H2. The lowest BCUT2D eigenvalue weighted by atomic mass is 10.1. The van der Waals surface area contributed by atoms with Crippen LogP contribution in [0.4, 0.5) is 4.39 Å². The van der Waals surface area contributed by atoms with Gasteiger partial charge in [0, 0.05) is 11.8 Å². The van der Waals surface area contributed by atoms with Crippen LogP contribution in [0.15, 0.2) is 59.6 Å². The van der Waals surface area contributed by atoms with Crippen LogP contribution in [0.3, 0.4) is 0 Å². The highest BCUT2D eigenvalue weighted by atomic mass is 32.2. The second-order valence-electron chi connectivity index (χ2n) is 6.94. The molecule has 0 aromatic heterocycles. The van der Waals surface area contributed by atoms with Crippen molar-refractivity contribution in [2.75, 3.05) is 18.1 Å². The van der Waals surface area contributed by atoms with Crippen LogP contribution in [0.25, 0.3) is 0 Å². The first-order valence-electron chi connectivity index (χ1n) is 9.07. The Bertz CT molecular complexity index is 1030. The van der Waals surface area contributed by atoms with Gasteiger partial charge in [0.15, 0.2) is 21.6 Å². The summed E-state index contributed by atoms with van der Waals surface area (Å²) < 4.78 is 42.8. The van der Waals surface area contributed by atoms with Crippen LogP contribution in [0.1, 0.15) is 5.56 Å². The zero-order valence-corrected chi connectivity index (χ0v) is 17.0. The van der Waals surface area contributed by atoms with Crippen molar-refractivity contribution in [3.05, 3.63) is 66.0 Å². The van der Waals surface area contributed by atoms with Gasteiger partial charge >= 0.3 is 0 Å². The van der Waals surface area contributed by atoms with Gasteiger partial charge in [-0.3, -0.25) is 4.79 Å². The predicted molar refractivity (Wildman–Crippen MR) is 110 cm³/mol. The molecule has 9 heteroatoms. The van der Waals surface area contributed by atoms with Crippen molar-refractivity contribution >= 4 is 32.7 Å². The van der Waals surface area contributed by atoms with E-state index in [2.05, 4.69) is 4.99 Å². The zero-order valence-electron chi connectivity index (χ0n) is 15.4. The summed E-state index contributed by atoms with van der Waals surface area (Å²) in [6, 6.07) is 14.7. The van der Waals surface area contributed by atoms with Crippen LogP contribution in [-0.4, -0.2) is 53.8 Å². The summed E-state index contributed by atoms with van der Waals surface area (Å²) in [5, 5.41) is 0.322. The third kappa shape index (κ3) is 4.79. The molecule has 4 rings (SSSR count). The number of carbonyl (C=O) groups is 1. The van der Waals surface area contributed by atoms with Crippen molar-refractivity contribution in [1.29, 1.82) is 0 Å². The molecule has 0 radical (unpaired) electrons. The molecular weight excluding hydrogens is 415 g/mol. The summed E-state index contributed by atoms with van der Waals surface area (Å²) in [7, 11) is -3.12. The number of benzene rings is 2. The summed E-state index contributed by atoms with van der Waals surface area (Å²) >= 11 is 1.31. The van der Waals surface area contributed by atoms with Crippen LogP contribution >= 0.6 is 11.8 Å². The average molecular weight is 435 g/mol. The van der Waals surface area contributed by atoms with Crippen molar-refractivity contribution in [1.82, 2.24) is 4.90 Å². The molecule has 0 aliphatic carbocycles. The molecule has 1 amide bonds. The van der Waals surface area contributed by atoms with Crippen LogP contribution in [0.5, 0.6) is 5.75 Å². The van der Waals surface area contributed by atoms with Crippen molar-refractivity contribution in [2.45, 2.75) is 17.8 Å². The molecule has 2 aromatic rings. The molecule has 0 spiro atoms. The topological polar surface area (TPSA) is 76.0 Å². The monoisotopic (exact) mass is 434 g/mol. The molecule has 2 aliphatic heterocycles. The number of amides is 1. The molecular formula is C20H19FN2O4S2. The first-order chi connectivity index (χ1) is 13.9. The van der Waals surface area contributed by atoms with E-state index in [-0.39, 0.29) is 35.2 Å². The lowest BCUT2D eigenvalue weighted by Crippen LogP contribution is -2.37. The summed E-state index contributed by atoms with van der Waals surface area (Å²) in [5.41, 5.74) is 0.817. The molecule has 2 saturated heterocycles. The molecule has 152 valence electrons. The Balaban J connectivity index is 1.51. The minimum absolute atomic E-state index is 0.0274. The molecule has 0 N–H and O–H groups in total. The molecule has 2 heterocycles. The van der Waals surface area contributed by atoms with Gasteiger partial charge in [0.2, 0.25) is 0 Å². The Hall–Kier alpha value is -2.39. The van der Waals surface area contributed by atoms with Crippen LogP contribution in [-0.2, 0) is 21.2 Å². The number of nitrogens with zero attached hydrogens (tertiary/aromatic N) is 2. The number of para-hydroxylation sites is 1. The van der Waals surface area contributed by atoms with Gasteiger partial charge in [-0.05, 0) is 29.8 Å². The van der Waals surface area contributed by atoms with Crippen LogP contribution in [0, 0.1) is 5.82 Å². The molecule has 2 aromatic carbocycles. The first kappa shape index (κ1) is 19.9. The summed E-state index contributed by atoms with van der Waals surface area (Å²) in [4.78, 5) is 18.4. The Morgan fingerprint density at radius 3 is 2.59 bits per heavy atom. The quantitative estimate of drug-likeness (QED) is 0.720. The number of thioether (sulfide) groups is 1. The van der Waals surface area contributed by atoms with E-state index in [1.807, 2.05) is 23.1 Å². The number of sulfone groups is 1. The predicted octanol–water partition coefficient (Wildman–Crippen LogP) is 2.50. The molecule has 6 nitrogen and oxygen atoms in total. The van der Waals surface area contributed by atoms with Crippen LogP contribution < -0.4 is 4.74 Å². The smallest absolute Gasteiger partial charge is 0.285 e. The molecule has 2 unspecified atom stereocenters. The maximum atomic E-state index is 13.2. The van der Waals surface area contributed by atoms with Crippen molar-refractivity contribution in [3.8, 4) is 5.75 Å². The highest BCUT2D eigenvalue weighted by Crippen LogP contribution is 2.39. The normalized spacial score (nSPS) is 23.9. The van der Waals surface area contributed by atoms with E-state index in [1.54, 1.807) is 24.3 Å². The Kier molecular flexibility index (Phi) is 5.60. The van der Waals surface area contributed by atoms with Crippen molar-refractivity contribution in [2.24, 2.45) is 4.99 Å². The van der Waals surface area contributed by atoms with Gasteiger partial charge in [-0.1, -0.05) is 42.1 Å². The number of amidine groups is 1. The molecule has 2 atom stereocenters. The Labute approximate surface area is 172 Å². The molecule has 0 saturated carbocycles. The van der Waals surface area contributed by atoms with Gasteiger partial charge < -0.3 is 9.64 Å². The lowest BCUT2D eigenvalue weighted by molar-refractivity contribution is -0.119. The van der Waals surface area contributed by atoms with E-state index in [0.29, 0.717) is 17.5 Å². The van der Waals surface area contributed by atoms with Crippen molar-refractivity contribution in [3.63, 3.8) is 0 Å². The zero-order chi connectivity index (χ0) is 20.4. The summed E-state index contributed by atoms with van der Waals surface area (Å²) in [5.74, 6) is -0.113. The molecule has 0 bridgehead atoms. The minimum atomic E-state index is -3.12. The number of fused-ring (bicyclic) bond motifs is 1. The van der Waals surface area contributed by atoms with Gasteiger partial charge in [-0.2, -0.15) is 4.99 Å². The Morgan fingerprint density at radius 1 is 1.14 bits per heavy atom.